The van der Waals surface area contributed by atoms with Crippen LogP contribution in [0.3, 0.4) is 0 Å². The van der Waals surface area contributed by atoms with Crippen LogP contribution < -0.4 is 10.2 Å². The van der Waals surface area contributed by atoms with E-state index in [9.17, 15) is 4.79 Å². The van der Waals surface area contributed by atoms with Crippen LogP contribution in [0.25, 0.3) is 0 Å². The highest BCUT2D eigenvalue weighted by Crippen LogP contribution is 2.18. The van der Waals surface area contributed by atoms with E-state index in [-0.39, 0.29) is 5.91 Å². The van der Waals surface area contributed by atoms with Gasteiger partial charge in [-0.3, -0.25) is 4.79 Å². The molecule has 2 aromatic rings. The molecule has 4 nitrogen and oxygen atoms in total. The molecule has 0 unspecified atom stereocenters. The number of pyridine rings is 1. The number of nitrogens with zero attached hydrogens (tertiary/aromatic N) is 2. The smallest absolute Gasteiger partial charge is 0.251 e. The molecule has 1 aromatic heterocycles. The maximum atomic E-state index is 12.4. The minimum absolute atomic E-state index is 0.0335. The zero-order valence-electron chi connectivity index (χ0n) is 15.4. The highest BCUT2D eigenvalue weighted by atomic mass is 32.2. The minimum Gasteiger partial charge on any atom is -0.357 e. The number of thioether (sulfide) groups is 1. The number of aromatic nitrogens is 1. The molecule has 1 amide bonds. The lowest BCUT2D eigenvalue weighted by molar-refractivity contribution is 0.0951. The molecular formula is C21H27N3OS. The first-order chi connectivity index (χ1) is 12.8. The summed E-state index contributed by atoms with van der Waals surface area (Å²) in [7, 11) is 0. The van der Waals surface area contributed by atoms with E-state index in [1.165, 1.54) is 31.2 Å². The number of anilines is 1. The summed E-state index contributed by atoms with van der Waals surface area (Å²) in [5.74, 6) is 1.96. The molecule has 0 atom stereocenters. The molecule has 1 N–H and O–H groups in total. The molecular weight excluding hydrogens is 342 g/mol. The normalized spacial score (nSPS) is 14.7. The molecule has 0 radical (unpaired) electrons. The lowest BCUT2D eigenvalue weighted by Crippen LogP contribution is -2.26. The largest absolute Gasteiger partial charge is 0.357 e. The Morgan fingerprint density at radius 3 is 2.50 bits per heavy atom. The average molecular weight is 370 g/mol. The highest BCUT2D eigenvalue weighted by Gasteiger charge is 2.12. The molecule has 0 aliphatic carbocycles. The molecule has 26 heavy (non-hydrogen) atoms. The van der Waals surface area contributed by atoms with Crippen molar-refractivity contribution in [1.82, 2.24) is 10.3 Å². The summed E-state index contributed by atoms with van der Waals surface area (Å²) < 4.78 is 0. The van der Waals surface area contributed by atoms with Crippen LogP contribution in [0.5, 0.6) is 0 Å². The zero-order chi connectivity index (χ0) is 18.2. The summed E-state index contributed by atoms with van der Waals surface area (Å²) in [5, 5.41) is 3.02. The Hall–Kier alpha value is -2.01. The zero-order valence-corrected chi connectivity index (χ0v) is 16.2. The number of carbonyl (C=O) groups excluding carboxylic acids is 1. The van der Waals surface area contributed by atoms with Gasteiger partial charge in [-0.05, 0) is 54.5 Å². The van der Waals surface area contributed by atoms with Crippen molar-refractivity contribution in [2.45, 2.75) is 38.0 Å². The number of carbonyl (C=O) groups is 1. The summed E-state index contributed by atoms with van der Waals surface area (Å²) in [6.45, 7) is 2.67. The summed E-state index contributed by atoms with van der Waals surface area (Å²) >= 11 is 1.78. The fourth-order valence-electron chi connectivity index (χ4n) is 3.25. The van der Waals surface area contributed by atoms with Gasteiger partial charge in [0.15, 0.2) is 0 Å². The predicted molar refractivity (Wildman–Crippen MR) is 110 cm³/mol. The highest BCUT2D eigenvalue weighted by molar-refractivity contribution is 7.97. The first kappa shape index (κ1) is 18.8. The van der Waals surface area contributed by atoms with Crippen molar-refractivity contribution in [1.29, 1.82) is 0 Å². The molecule has 2 heterocycles. The van der Waals surface area contributed by atoms with Crippen molar-refractivity contribution in [3.05, 3.63) is 59.3 Å². The molecule has 1 aliphatic heterocycles. The van der Waals surface area contributed by atoms with E-state index in [1.807, 2.05) is 36.5 Å². The lowest BCUT2D eigenvalue weighted by atomic mass is 10.1. The first-order valence-corrected chi connectivity index (χ1v) is 10.7. The molecule has 1 aliphatic rings. The van der Waals surface area contributed by atoms with Crippen LogP contribution in [0.4, 0.5) is 5.82 Å². The van der Waals surface area contributed by atoms with Gasteiger partial charge in [0, 0.05) is 37.1 Å². The third kappa shape index (κ3) is 5.24. The van der Waals surface area contributed by atoms with Gasteiger partial charge in [0.05, 0.1) is 0 Å². The van der Waals surface area contributed by atoms with Crippen LogP contribution in [0.1, 0.15) is 47.2 Å². The first-order valence-electron chi connectivity index (χ1n) is 9.32. The van der Waals surface area contributed by atoms with Gasteiger partial charge in [0.25, 0.3) is 5.91 Å². The molecule has 0 saturated carbocycles. The van der Waals surface area contributed by atoms with Gasteiger partial charge in [-0.1, -0.05) is 25.0 Å². The van der Waals surface area contributed by atoms with E-state index in [1.54, 1.807) is 11.8 Å². The second-order valence-corrected chi connectivity index (χ2v) is 7.60. The van der Waals surface area contributed by atoms with Gasteiger partial charge >= 0.3 is 0 Å². The van der Waals surface area contributed by atoms with Crippen molar-refractivity contribution in [2.24, 2.45) is 0 Å². The minimum atomic E-state index is -0.0335. The summed E-state index contributed by atoms with van der Waals surface area (Å²) in [6, 6.07) is 11.9. The monoisotopic (exact) mass is 369 g/mol. The van der Waals surface area contributed by atoms with E-state index in [2.05, 4.69) is 27.5 Å². The standard InChI is InChI=1S/C21H27N3OS/c1-26-16-17-6-8-19(9-7-17)21(25)23-15-18-10-11-22-20(14-18)24-12-4-2-3-5-13-24/h6-11,14H,2-5,12-13,15-16H2,1H3,(H,23,25). The van der Waals surface area contributed by atoms with Gasteiger partial charge in [-0.25, -0.2) is 4.98 Å². The Labute approximate surface area is 160 Å². The molecule has 1 saturated heterocycles. The van der Waals surface area contributed by atoms with E-state index < -0.39 is 0 Å². The van der Waals surface area contributed by atoms with Gasteiger partial charge in [0.1, 0.15) is 5.82 Å². The van der Waals surface area contributed by atoms with Gasteiger partial charge < -0.3 is 10.2 Å². The number of amides is 1. The van der Waals surface area contributed by atoms with Gasteiger partial charge in [-0.15, -0.1) is 0 Å². The summed E-state index contributed by atoms with van der Waals surface area (Å²) in [5.41, 5.74) is 3.04. The van der Waals surface area contributed by atoms with Crippen molar-refractivity contribution in [3.8, 4) is 0 Å². The molecule has 0 bridgehead atoms. The number of benzene rings is 1. The molecule has 5 heteroatoms. The quantitative estimate of drug-likeness (QED) is 0.827. The van der Waals surface area contributed by atoms with Crippen LogP contribution in [-0.4, -0.2) is 30.2 Å². The van der Waals surface area contributed by atoms with Gasteiger partial charge in [0.2, 0.25) is 0 Å². The van der Waals surface area contributed by atoms with Crippen molar-refractivity contribution in [2.75, 3.05) is 24.2 Å². The lowest BCUT2D eigenvalue weighted by Gasteiger charge is -2.21. The molecule has 138 valence electrons. The predicted octanol–water partition coefficient (Wildman–Crippen LogP) is 4.26. The number of hydrogen-bond acceptors (Lipinski definition) is 4. The molecule has 1 aromatic carbocycles. The Bertz CT molecular complexity index is 709. The molecule has 0 spiro atoms. The number of nitrogens with one attached hydrogen (secondary N) is 1. The average Bonchev–Trinajstić information content (AvgIpc) is 2.97. The summed E-state index contributed by atoms with van der Waals surface area (Å²) in [4.78, 5) is 19.3. The third-order valence-corrected chi connectivity index (χ3v) is 5.34. The van der Waals surface area contributed by atoms with E-state index in [0.717, 1.165) is 30.2 Å². The van der Waals surface area contributed by atoms with Crippen LogP contribution >= 0.6 is 11.8 Å². The maximum absolute atomic E-state index is 12.4. The fraction of sp³-hybridized carbons (Fsp3) is 0.429. The number of rotatable bonds is 6. The van der Waals surface area contributed by atoms with Crippen LogP contribution in [0.2, 0.25) is 0 Å². The second-order valence-electron chi connectivity index (χ2n) is 6.74. The van der Waals surface area contributed by atoms with Crippen molar-refractivity contribution < 1.29 is 4.79 Å². The van der Waals surface area contributed by atoms with E-state index >= 15 is 0 Å². The topological polar surface area (TPSA) is 45.2 Å². The van der Waals surface area contributed by atoms with E-state index in [4.69, 9.17) is 0 Å². The van der Waals surface area contributed by atoms with Gasteiger partial charge in [-0.2, -0.15) is 11.8 Å². The Kier molecular flexibility index (Phi) is 6.95. The Balaban J connectivity index is 1.58. The van der Waals surface area contributed by atoms with Crippen molar-refractivity contribution >= 4 is 23.5 Å². The third-order valence-electron chi connectivity index (χ3n) is 4.72. The maximum Gasteiger partial charge on any atom is 0.251 e. The van der Waals surface area contributed by atoms with Crippen molar-refractivity contribution in [3.63, 3.8) is 0 Å². The van der Waals surface area contributed by atoms with Crippen LogP contribution in [0.15, 0.2) is 42.6 Å². The second kappa shape index (κ2) is 9.62. The molecule has 3 rings (SSSR count). The Morgan fingerprint density at radius 2 is 1.81 bits per heavy atom. The Morgan fingerprint density at radius 1 is 1.08 bits per heavy atom. The van der Waals surface area contributed by atoms with E-state index in [0.29, 0.717) is 12.1 Å². The van der Waals surface area contributed by atoms with Crippen LogP contribution in [0, 0.1) is 0 Å². The number of hydrogen-bond donors (Lipinski definition) is 1. The summed E-state index contributed by atoms with van der Waals surface area (Å²) in [6.07, 6.45) is 9.00. The van der Waals surface area contributed by atoms with Crippen LogP contribution in [-0.2, 0) is 12.3 Å². The fourth-order valence-corrected chi connectivity index (χ4v) is 3.77. The SMILES string of the molecule is CSCc1ccc(C(=O)NCc2ccnc(N3CCCCCC3)c2)cc1. The molecule has 1 fully saturated rings.